The van der Waals surface area contributed by atoms with Gasteiger partial charge in [-0.05, 0) is 37.5 Å². The quantitative estimate of drug-likeness (QED) is 0.865. The number of likely N-dealkylation sites (tertiary alicyclic amines) is 1. The molecule has 21 heavy (non-hydrogen) atoms. The number of carbonyl (C=O) groups is 1. The van der Waals surface area contributed by atoms with Crippen molar-refractivity contribution >= 4 is 29.1 Å². The number of aliphatic hydroxyl groups excluding tert-OH is 1. The van der Waals surface area contributed by atoms with Gasteiger partial charge in [0.25, 0.3) is 0 Å². The first-order chi connectivity index (χ1) is 10.0. The molecule has 0 bridgehead atoms. The fourth-order valence-electron chi connectivity index (χ4n) is 1.82. The van der Waals surface area contributed by atoms with Crippen molar-refractivity contribution in [2.75, 3.05) is 20.2 Å². The van der Waals surface area contributed by atoms with Crippen LogP contribution in [0.4, 0.5) is 0 Å². The van der Waals surface area contributed by atoms with Gasteiger partial charge in [0, 0.05) is 26.6 Å². The van der Waals surface area contributed by atoms with Crippen LogP contribution in [0.25, 0.3) is 0 Å². The summed E-state index contributed by atoms with van der Waals surface area (Å²) in [6.07, 6.45) is 4.13. The van der Waals surface area contributed by atoms with Crippen LogP contribution in [0.2, 0.25) is 10.0 Å². The zero-order chi connectivity index (χ0) is 16.3. The molecule has 1 amide bonds. The van der Waals surface area contributed by atoms with Crippen LogP contribution in [0.1, 0.15) is 32.6 Å². The van der Waals surface area contributed by atoms with Gasteiger partial charge in [-0.15, -0.1) is 0 Å². The molecule has 2 N–H and O–H groups in total. The Morgan fingerprint density at radius 2 is 1.76 bits per heavy atom. The van der Waals surface area contributed by atoms with E-state index in [1.807, 2.05) is 11.8 Å². The second kappa shape index (κ2) is 11.7. The molecule has 6 heteroatoms. The molecule has 0 radical (unpaired) electrons. The van der Waals surface area contributed by atoms with E-state index in [9.17, 15) is 4.79 Å². The Morgan fingerprint density at radius 1 is 1.19 bits per heavy atom. The lowest BCUT2D eigenvalue weighted by Crippen LogP contribution is -2.26. The first-order valence-electron chi connectivity index (χ1n) is 6.91. The van der Waals surface area contributed by atoms with Gasteiger partial charge in [0.05, 0.1) is 10.0 Å². The monoisotopic (exact) mass is 335 g/mol. The van der Waals surface area contributed by atoms with Crippen molar-refractivity contribution in [3.8, 4) is 5.75 Å². The minimum absolute atomic E-state index is 0.129. The van der Waals surface area contributed by atoms with E-state index in [-0.39, 0.29) is 5.75 Å². The Balaban J connectivity index is 0.000000342. The van der Waals surface area contributed by atoms with Gasteiger partial charge >= 0.3 is 0 Å². The Morgan fingerprint density at radius 3 is 2.19 bits per heavy atom. The maximum absolute atomic E-state index is 11.2. The summed E-state index contributed by atoms with van der Waals surface area (Å²) in [6, 6.07) is 4.41. The number of aromatic hydroxyl groups is 1. The van der Waals surface area contributed by atoms with Crippen molar-refractivity contribution in [1.82, 2.24) is 4.90 Å². The SMILES string of the molecule is CCCC(=O)N1CCCC1.CO.Oc1ccc(Cl)c(Cl)c1. The fraction of sp³-hybridized carbons (Fsp3) is 0.533. The summed E-state index contributed by atoms with van der Waals surface area (Å²) in [7, 11) is 1.00. The molecule has 1 aliphatic rings. The molecule has 1 fully saturated rings. The number of phenolic OH excluding ortho intramolecular Hbond substituents is 1. The Kier molecular flexibility index (Phi) is 11.1. The minimum Gasteiger partial charge on any atom is -0.508 e. The maximum atomic E-state index is 11.2. The topological polar surface area (TPSA) is 60.8 Å². The van der Waals surface area contributed by atoms with Crippen molar-refractivity contribution in [2.24, 2.45) is 0 Å². The van der Waals surface area contributed by atoms with E-state index < -0.39 is 0 Å². The lowest BCUT2D eigenvalue weighted by molar-refractivity contribution is -0.130. The van der Waals surface area contributed by atoms with Crippen LogP contribution in [-0.4, -0.2) is 41.2 Å². The van der Waals surface area contributed by atoms with E-state index in [2.05, 4.69) is 0 Å². The number of hydrogen-bond donors (Lipinski definition) is 2. The molecule has 0 atom stereocenters. The molecule has 1 aromatic carbocycles. The zero-order valence-electron chi connectivity index (χ0n) is 12.5. The Bertz CT molecular complexity index is 421. The molecular weight excluding hydrogens is 313 g/mol. The highest BCUT2D eigenvalue weighted by Gasteiger charge is 2.15. The summed E-state index contributed by atoms with van der Waals surface area (Å²) in [5.41, 5.74) is 0. The highest BCUT2D eigenvalue weighted by atomic mass is 35.5. The van der Waals surface area contributed by atoms with Gasteiger partial charge < -0.3 is 15.1 Å². The van der Waals surface area contributed by atoms with Crippen LogP contribution in [0, 0.1) is 0 Å². The number of nitrogens with zero attached hydrogens (tertiary/aromatic N) is 1. The van der Waals surface area contributed by atoms with E-state index >= 15 is 0 Å². The molecule has 1 heterocycles. The normalized spacial score (nSPS) is 12.9. The molecule has 0 saturated carbocycles. The second-order valence-corrected chi connectivity index (χ2v) is 5.25. The zero-order valence-corrected chi connectivity index (χ0v) is 14.0. The molecule has 0 spiro atoms. The fourth-order valence-corrected chi connectivity index (χ4v) is 2.12. The lowest BCUT2D eigenvalue weighted by Gasteiger charge is -2.13. The number of halogens is 2. The predicted molar refractivity (Wildman–Crippen MR) is 87.0 cm³/mol. The van der Waals surface area contributed by atoms with Crippen LogP contribution in [-0.2, 0) is 4.79 Å². The molecule has 1 aromatic rings. The third kappa shape index (κ3) is 8.15. The molecular formula is C15H23Cl2NO3. The molecule has 2 rings (SSSR count). The molecule has 0 aromatic heterocycles. The van der Waals surface area contributed by atoms with Crippen molar-refractivity contribution in [3.63, 3.8) is 0 Å². The van der Waals surface area contributed by atoms with Crippen molar-refractivity contribution in [2.45, 2.75) is 32.6 Å². The summed E-state index contributed by atoms with van der Waals surface area (Å²) < 4.78 is 0. The number of phenols is 1. The van der Waals surface area contributed by atoms with E-state index in [1.54, 1.807) is 6.07 Å². The molecule has 0 unspecified atom stereocenters. The van der Waals surface area contributed by atoms with Gasteiger partial charge in [0.2, 0.25) is 5.91 Å². The summed E-state index contributed by atoms with van der Waals surface area (Å²) in [5, 5.41) is 16.6. The first kappa shape index (κ1) is 20.0. The van der Waals surface area contributed by atoms with Gasteiger partial charge in [-0.1, -0.05) is 30.1 Å². The number of amides is 1. The number of benzene rings is 1. The number of rotatable bonds is 2. The Labute approximate surface area is 136 Å². The molecule has 1 aliphatic heterocycles. The van der Waals surface area contributed by atoms with Crippen LogP contribution < -0.4 is 0 Å². The van der Waals surface area contributed by atoms with Crippen LogP contribution in [0.15, 0.2) is 18.2 Å². The molecule has 4 nitrogen and oxygen atoms in total. The molecule has 0 aliphatic carbocycles. The second-order valence-electron chi connectivity index (χ2n) is 4.44. The largest absolute Gasteiger partial charge is 0.508 e. The van der Waals surface area contributed by atoms with E-state index in [0.29, 0.717) is 16.0 Å². The summed E-state index contributed by atoms with van der Waals surface area (Å²) in [5.74, 6) is 0.476. The summed E-state index contributed by atoms with van der Waals surface area (Å²) in [4.78, 5) is 13.1. The average Bonchev–Trinajstić information content (AvgIpc) is 3.01. The van der Waals surface area contributed by atoms with E-state index in [4.69, 9.17) is 33.4 Å². The number of aliphatic hydroxyl groups is 1. The predicted octanol–water partition coefficient (Wildman–Crippen LogP) is 3.72. The van der Waals surface area contributed by atoms with E-state index in [0.717, 1.165) is 33.0 Å². The molecule has 120 valence electrons. The van der Waals surface area contributed by atoms with Gasteiger partial charge in [0.15, 0.2) is 0 Å². The van der Waals surface area contributed by atoms with Crippen LogP contribution in [0.5, 0.6) is 5.75 Å². The van der Waals surface area contributed by atoms with E-state index in [1.165, 1.54) is 25.0 Å². The highest BCUT2D eigenvalue weighted by molar-refractivity contribution is 6.42. The number of carbonyl (C=O) groups excluding carboxylic acids is 1. The highest BCUT2D eigenvalue weighted by Crippen LogP contribution is 2.25. The standard InChI is InChI=1S/C8H15NO.C6H4Cl2O.CH4O/c1-2-5-8(10)9-6-3-4-7-9;7-5-2-1-4(9)3-6(5)8;1-2/h2-7H2,1H3;1-3,9H;2H,1H3. The average molecular weight is 336 g/mol. The smallest absolute Gasteiger partial charge is 0.222 e. The maximum Gasteiger partial charge on any atom is 0.222 e. The van der Waals surface area contributed by atoms with Gasteiger partial charge in [-0.25, -0.2) is 0 Å². The van der Waals surface area contributed by atoms with Crippen molar-refractivity contribution < 1.29 is 15.0 Å². The summed E-state index contributed by atoms with van der Waals surface area (Å²) in [6.45, 7) is 4.05. The minimum atomic E-state index is 0.129. The third-order valence-electron chi connectivity index (χ3n) is 2.83. The third-order valence-corrected chi connectivity index (χ3v) is 3.56. The lowest BCUT2D eigenvalue weighted by atomic mass is 10.3. The molecule has 1 saturated heterocycles. The van der Waals surface area contributed by atoms with Gasteiger partial charge in [-0.2, -0.15) is 0 Å². The first-order valence-corrected chi connectivity index (χ1v) is 7.66. The van der Waals surface area contributed by atoms with Crippen molar-refractivity contribution in [3.05, 3.63) is 28.2 Å². The van der Waals surface area contributed by atoms with Crippen LogP contribution >= 0.6 is 23.2 Å². The number of hydrogen-bond acceptors (Lipinski definition) is 3. The van der Waals surface area contributed by atoms with Gasteiger partial charge in [-0.3, -0.25) is 4.79 Å². The van der Waals surface area contributed by atoms with Gasteiger partial charge in [0.1, 0.15) is 5.75 Å². The Hall–Kier alpha value is -0.970. The van der Waals surface area contributed by atoms with Crippen LogP contribution in [0.3, 0.4) is 0 Å². The summed E-state index contributed by atoms with van der Waals surface area (Å²) >= 11 is 11.1. The van der Waals surface area contributed by atoms with Crippen molar-refractivity contribution in [1.29, 1.82) is 0 Å².